The second-order valence-corrected chi connectivity index (χ2v) is 7.05. The number of benzene rings is 3. The van der Waals surface area contributed by atoms with Crippen molar-refractivity contribution < 1.29 is 5.11 Å². The molecule has 0 saturated heterocycles. The minimum absolute atomic E-state index is 0.209. The highest BCUT2D eigenvalue weighted by molar-refractivity contribution is 5.36. The molecule has 0 saturated carbocycles. The van der Waals surface area contributed by atoms with Gasteiger partial charge in [-0.15, -0.1) is 0 Å². The largest absolute Gasteiger partial charge is 0.380 e. The maximum absolute atomic E-state index is 11.7. The normalized spacial score (nSPS) is 12.9. The van der Waals surface area contributed by atoms with E-state index in [-0.39, 0.29) is 6.04 Å². The lowest BCUT2D eigenvalue weighted by Crippen LogP contribution is -2.38. The summed E-state index contributed by atoms with van der Waals surface area (Å²) >= 11 is 0. The van der Waals surface area contributed by atoms with E-state index in [2.05, 4.69) is 43.1 Å². The second kappa shape index (κ2) is 8.31. The molecule has 2 nitrogen and oxygen atoms in total. The summed E-state index contributed by atoms with van der Waals surface area (Å²) in [5, 5.41) is 11.7. The van der Waals surface area contributed by atoms with Crippen LogP contribution in [0, 0.1) is 0 Å². The lowest BCUT2D eigenvalue weighted by Gasteiger charge is -2.35. The third kappa shape index (κ3) is 4.21. The first-order valence-corrected chi connectivity index (χ1v) is 9.17. The molecule has 3 rings (SSSR count). The zero-order chi connectivity index (χ0) is 18.4. The highest BCUT2D eigenvalue weighted by Gasteiger charge is 2.34. The highest BCUT2D eigenvalue weighted by Crippen LogP contribution is 2.35. The molecule has 0 spiro atoms. The molecule has 1 atom stereocenters. The zero-order valence-corrected chi connectivity index (χ0v) is 15.5. The molecule has 26 heavy (non-hydrogen) atoms. The van der Waals surface area contributed by atoms with Crippen LogP contribution in [0.5, 0.6) is 0 Å². The molecular formula is C24H27NO. The van der Waals surface area contributed by atoms with Gasteiger partial charge in [-0.25, -0.2) is 0 Å². The van der Waals surface area contributed by atoms with E-state index in [1.807, 2.05) is 66.7 Å². The van der Waals surface area contributed by atoms with Crippen LogP contribution < -0.4 is 0 Å². The summed E-state index contributed by atoms with van der Waals surface area (Å²) in [5.41, 5.74) is 2.15. The second-order valence-electron chi connectivity index (χ2n) is 7.05. The molecule has 0 aliphatic rings. The summed E-state index contributed by atoms with van der Waals surface area (Å²) in [6.45, 7) is 3.04. The van der Waals surface area contributed by atoms with Gasteiger partial charge in [-0.05, 0) is 37.1 Å². The summed E-state index contributed by atoms with van der Waals surface area (Å²) < 4.78 is 0. The monoisotopic (exact) mass is 345 g/mol. The zero-order valence-electron chi connectivity index (χ0n) is 15.5. The number of hydrogen-bond donors (Lipinski definition) is 1. The highest BCUT2D eigenvalue weighted by atomic mass is 16.3. The van der Waals surface area contributed by atoms with Crippen LogP contribution in [-0.2, 0) is 12.1 Å². The Morgan fingerprint density at radius 3 is 1.65 bits per heavy atom. The van der Waals surface area contributed by atoms with E-state index in [1.165, 1.54) is 5.56 Å². The summed E-state index contributed by atoms with van der Waals surface area (Å²) in [4.78, 5) is 2.30. The van der Waals surface area contributed by atoms with E-state index in [4.69, 9.17) is 0 Å². The van der Waals surface area contributed by atoms with Gasteiger partial charge in [-0.2, -0.15) is 0 Å². The SMILES string of the molecule is CC(CC(O)(c1ccccc1)c1ccccc1)N(C)Cc1ccccc1. The van der Waals surface area contributed by atoms with Crippen LogP contribution in [0.25, 0.3) is 0 Å². The van der Waals surface area contributed by atoms with E-state index >= 15 is 0 Å². The van der Waals surface area contributed by atoms with Gasteiger partial charge in [-0.3, -0.25) is 4.90 Å². The Morgan fingerprint density at radius 1 is 0.769 bits per heavy atom. The van der Waals surface area contributed by atoms with Crippen LogP contribution in [0.3, 0.4) is 0 Å². The van der Waals surface area contributed by atoms with Crippen molar-refractivity contribution in [3.8, 4) is 0 Å². The van der Waals surface area contributed by atoms with Gasteiger partial charge in [0.1, 0.15) is 5.60 Å². The Morgan fingerprint density at radius 2 is 1.19 bits per heavy atom. The molecule has 1 unspecified atom stereocenters. The molecule has 0 aromatic heterocycles. The van der Waals surface area contributed by atoms with E-state index < -0.39 is 5.60 Å². The first-order chi connectivity index (χ1) is 12.6. The number of aliphatic hydroxyl groups is 1. The van der Waals surface area contributed by atoms with Gasteiger partial charge >= 0.3 is 0 Å². The Bertz CT molecular complexity index is 747. The van der Waals surface area contributed by atoms with Crippen LogP contribution >= 0.6 is 0 Å². The van der Waals surface area contributed by atoms with E-state index in [9.17, 15) is 5.11 Å². The Kier molecular flexibility index (Phi) is 5.87. The minimum atomic E-state index is -1.01. The Labute approximate surface area is 156 Å². The van der Waals surface area contributed by atoms with Crippen molar-refractivity contribution in [1.82, 2.24) is 4.90 Å². The van der Waals surface area contributed by atoms with Gasteiger partial charge in [0.15, 0.2) is 0 Å². The topological polar surface area (TPSA) is 23.5 Å². The molecule has 0 radical (unpaired) electrons. The van der Waals surface area contributed by atoms with Gasteiger partial charge in [0.25, 0.3) is 0 Å². The molecule has 0 aliphatic carbocycles. The summed E-state index contributed by atoms with van der Waals surface area (Å²) in [5.74, 6) is 0. The molecule has 1 N–H and O–H groups in total. The molecule has 0 heterocycles. The van der Waals surface area contributed by atoms with Crippen molar-refractivity contribution in [2.24, 2.45) is 0 Å². The molecule has 0 amide bonds. The van der Waals surface area contributed by atoms with Crippen LogP contribution in [0.4, 0.5) is 0 Å². The van der Waals surface area contributed by atoms with Crippen LogP contribution in [-0.4, -0.2) is 23.1 Å². The quantitative estimate of drug-likeness (QED) is 0.663. The summed E-state index contributed by atoms with van der Waals surface area (Å²) in [7, 11) is 2.12. The molecule has 3 aromatic rings. The fourth-order valence-corrected chi connectivity index (χ4v) is 3.44. The van der Waals surface area contributed by atoms with Gasteiger partial charge in [0.05, 0.1) is 0 Å². The first kappa shape index (κ1) is 18.4. The maximum Gasteiger partial charge on any atom is 0.116 e. The van der Waals surface area contributed by atoms with Crippen molar-refractivity contribution in [3.05, 3.63) is 108 Å². The third-order valence-corrected chi connectivity index (χ3v) is 5.12. The van der Waals surface area contributed by atoms with Crippen molar-refractivity contribution in [1.29, 1.82) is 0 Å². The molecule has 2 heteroatoms. The standard InChI is InChI=1S/C24H27NO/c1-20(25(2)19-21-12-6-3-7-13-21)18-24(26,22-14-8-4-9-15-22)23-16-10-5-11-17-23/h3-17,20,26H,18-19H2,1-2H3. The van der Waals surface area contributed by atoms with Crippen molar-refractivity contribution in [2.45, 2.75) is 31.5 Å². The number of nitrogens with zero attached hydrogens (tertiary/aromatic N) is 1. The fraction of sp³-hybridized carbons (Fsp3) is 0.250. The van der Waals surface area contributed by atoms with Gasteiger partial charge in [0.2, 0.25) is 0 Å². The number of hydrogen-bond acceptors (Lipinski definition) is 2. The molecule has 0 aliphatic heterocycles. The predicted octanol–water partition coefficient (Wildman–Crippen LogP) is 4.83. The molecular weight excluding hydrogens is 318 g/mol. The molecule has 0 bridgehead atoms. The summed E-state index contributed by atoms with van der Waals surface area (Å²) in [6.07, 6.45) is 0.629. The Balaban J connectivity index is 1.84. The van der Waals surface area contributed by atoms with E-state index in [1.54, 1.807) is 0 Å². The van der Waals surface area contributed by atoms with Gasteiger partial charge in [-0.1, -0.05) is 91.0 Å². The first-order valence-electron chi connectivity index (χ1n) is 9.17. The Hall–Kier alpha value is -2.42. The van der Waals surface area contributed by atoms with Crippen molar-refractivity contribution >= 4 is 0 Å². The lowest BCUT2D eigenvalue weighted by atomic mass is 9.81. The number of rotatable bonds is 7. The molecule has 0 fully saturated rings. The minimum Gasteiger partial charge on any atom is -0.380 e. The lowest BCUT2D eigenvalue weighted by molar-refractivity contribution is 0.0407. The van der Waals surface area contributed by atoms with Crippen molar-refractivity contribution in [2.75, 3.05) is 7.05 Å². The molecule has 134 valence electrons. The molecule has 3 aromatic carbocycles. The average molecular weight is 345 g/mol. The van der Waals surface area contributed by atoms with Crippen LogP contribution in [0.2, 0.25) is 0 Å². The van der Waals surface area contributed by atoms with Crippen LogP contribution in [0.15, 0.2) is 91.0 Å². The van der Waals surface area contributed by atoms with E-state index in [0.29, 0.717) is 6.42 Å². The maximum atomic E-state index is 11.7. The average Bonchev–Trinajstić information content (AvgIpc) is 2.70. The smallest absolute Gasteiger partial charge is 0.116 e. The van der Waals surface area contributed by atoms with Crippen molar-refractivity contribution in [3.63, 3.8) is 0 Å². The van der Waals surface area contributed by atoms with E-state index in [0.717, 1.165) is 17.7 Å². The van der Waals surface area contributed by atoms with Gasteiger partial charge < -0.3 is 5.11 Å². The predicted molar refractivity (Wildman–Crippen MR) is 108 cm³/mol. The third-order valence-electron chi connectivity index (χ3n) is 5.12. The van der Waals surface area contributed by atoms with Gasteiger partial charge in [0, 0.05) is 12.6 Å². The van der Waals surface area contributed by atoms with Crippen LogP contribution in [0.1, 0.15) is 30.0 Å². The summed E-state index contributed by atoms with van der Waals surface area (Å²) in [6, 6.07) is 30.6. The fourth-order valence-electron chi connectivity index (χ4n) is 3.44.